The Morgan fingerprint density at radius 2 is 2.20 bits per heavy atom. The number of morpholine rings is 1. The van der Waals surface area contributed by atoms with Crippen LogP contribution >= 0.6 is 0 Å². The Balaban J connectivity index is 1.95. The number of ether oxygens (including phenoxy) is 2. The van der Waals surface area contributed by atoms with Crippen molar-refractivity contribution in [2.24, 2.45) is 0 Å². The van der Waals surface area contributed by atoms with Crippen LogP contribution < -0.4 is 4.90 Å². The smallest absolute Gasteiger partial charge is 0.416 e. The first kappa shape index (κ1) is 17.5. The standard InChI is InChI=1S/C17H17F3N2O3/c1-2-24-16(23)12-5-6-21-14-4-3-11(9-13(12)14)22-7-8-25-15(10-22)17(18,19)20/h3-6,9,15H,2,7-8,10H2,1H3/t15-/m1/s1. The highest BCUT2D eigenvalue weighted by atomic mass is 19.4. The van der Waals surface area contributed by atoms with Crippen LogP contribution in [0, 0.1) is 0 Å². The summed E-state index contributed by atoms with van der Waals surface area (Å²) in [6, 6.07) is 6.60. The molecule has 1 saturated heterocycles. The first-order chi connectivity index (χ1) is 11.9. The third-order valence-corrected chi connectivity index (χ3v) is 4.02. The quantitative estimate of drug-likeness (QED) is 0.793. The predicted octanol–water partition coefficient (Wildman–Crippen LogP) is 3.18. The van der Waals surface area contributed by atoms with Crippen molar-refractivity contribution in [1.82, 2.24) is 4.98 Å². The lowest BCUT2D eigenvalue weighted by atomic mass is 10.1. The van der Waals surface area contributed by atoms with Gasteiger partial charge < -0.3 is 14.4 Å². The maximum atomic E-state index is 12.9. The molecule has 1 atom stereocenters. The summed E-state index contributed by atoms with van der Waals surface area (Å²) in [5.74, 6) is -0.484. The van der Waals surface area contributed by atoms with E-state index < -0.39 is 18.2 Å². The second-order valence-corrected chi connectivity index (χ2v) is 5.63. The van der Waals surface area contributed by atoms with E-state index in [9.17, 15) is 18.0 Å². The molecular weight excluding hydrogens is 337 g/mol. The van der Waals surface area contributed by atoms with E-state index >= 15 is 0 Å². The number of carbonyl (C=O) groups is 1. The molecule has 8 heteroatoms. The van der Waals surface area contributed by atoms with Crippen LogP contribution in [0.2, 0.25) is 0 Å². The zero-order valence-corrected chi connectivity index (χ0v) is 13.5. The summed E-state index contributed by atoms with van der Waals surface area (Å²) < 4.78 is 48.6. The van der Waals surface area contributed by atoms with E-state index in [-0.39, 0.29) is 19.8 Å². The maximum absolute atomic E-state index is 12.9. The van der Waals surface area contributed by atoms with E-state index in [0.717, 1.165) is 0 Å². The van der Waals surface area contributed by atoms with Gasteiger partial charge in [-0.1, -0.05) is 0 Å². The van der Waals surface area contributed by atoms with Crippen molar-refractivity contribution < 1.29 is 27.4 Å². The number of esters is 1. The lowest BCUT2D eigenvalue weighted by molar-refractivity contribution is -0.221. The van der Waals surface area contributed by atoms with E-state index in [4.69, 9.17) is 9.47 Å². The molecule has 0 spiro atoms. The number of anilines is 1. The SMILES string of the molecule is CCOC(=O)c1ccnc2ccc(N3CCO[C@@H](C(F)(F)F)C3)cc12. The molecule has 0 amide bonds. The molecule has 0 aliphatic carbocycles. The molecular formula is C17H17F3N2O3. The number of rotatable bonds is 3. The number of hydrogen-bond donors (Lipinski definition) is 0. The first-order valence-electron chi connectivity index (χ1n) is 7.89. The molecule has 1 aliphatic rings. The fourth-order valence-electron chi connectivity index (χ4n) is 2.80. The molecule has 1 aromatic carbocycles. The number of nitrogens with zero attached hydrogens (tertiary/aromatic N) is 2. The van der Waals surface area contributed by atoms with Crippen molar-refractivity contribution in [2.75, 3.05) is 31.2 Å². The summed E-state index contributed by atoms with van der Waals surface area (Å²) in [7, 11) is 0. The Bertz CT molecular complexity index is 779. The molecule has 0 radical (unpaired) electrons. The van der Waals surface area contributed by atoms with E-state index in [0.29, 0.717) is 28.7 Å². The minimum Gasteiger partial charge on any atom is -0.462 e. The molecule has 1 fully saturated rings. The summed E-state index contributed by atoms with van der Waals surface area (Å²) >= 11 is 0. The van der Waals surface area contributed by atoms with Crippen molar-refractivity contribution >= 4 is 22.6 Å². The third-order valence-electron chi connectivity index (χ3n) is 4.02. The highest BCUT2D eigenvalue weighted by Gasteiger charge is 2.43. The maximum Gasteiger partial charge on any atom is 0.416 e. The lowest BCUT2D eigenvalue weighted by Gasteiger charge is -2.35. The molecule has 0 unspecified atom stereocenters. The van der Waals surface area contributed by atoms with Crippen molar-refractivity contribution in [3.63, 3.8) is 0 Å². The minimum atomic E-state index is -4.41. The Morgan fingerprint density at radius 1 is 1.40 bits per heavy atom. The van der Waals surface area contributed by atoms with Gasteiger partial charge in [-0.25, -0.2) is 4.79 Å². The molecule has 134 valence electrons. The normalized spacial score (nSPS) is 18.4. The monoisotopic (exact) mass is 354 g/mol. The van der Waals surface area contributed by atoms with Crippen LogP contribution in [0.3, 0.4) is 0 Å². The number of benzene rings is 1. The van der Waals surface area contributed by atoms with Gasteiger partial charge in [0.15, 0.2) is 6.10 Å². The van der Waals surface area contributed by atoms with Crippen molar-refractivity contribution in [3.05, 3.63) is 36.0 Å². The Labute approximate surface area is 142 Å². The highest BCUT2D eigenvalue weighted by molar-refractivity contribution is 6.04. The Morgan fingerprint density at radius 3 is 2.92 bits per heavy atom. The van der Waals surface area contributed by atoms with Crippen LogP contribution in [-0.4, -0.2) is 49.5 Å². The van der Waals surface area contributed by atoms with Crippen LogP contribution in [0.4, 0.5) is 18.9 Å². The third kappa shape index (κ3) is 3.68. The van der Waals surface area contributed by atoms with Crippen LogP contribution in [0.15, 0.2) is 30.5 Å². The van der Waals surface area contributed by atoms with Gasteiger partial charge >= 0.3 is 12.1 Å². The molecule has 3 rings (SSSR count). The number of aromatic nitrogens is 1. The average molecular weight is 354 g/mol. The van der Waals surface area contributed by atoms with Crippen molar-refractivity contribution in [2.45, 2.75) is 19.2 Å². The summed E-state index contributed by atoms with van der Waals surface area (Å²) in [5, 5.41) is 0.550. The second kappa shape index (κ2) is 6.87. The first-order valence-corrected chi connectivity index (χ1v) is 7.89. The minimum absolute atomic E-state index is 0.0139. The van der Waals surface area contributed by atoms with E-state index in [1.165, 1.54) is 6.20 Å². The molecule has 2 aromatic rings. The largest absolute Gasteiger partial charge is 0.462 e. The fourth-order valence-corrected chi connectivity index (χ4v) is 2.80. The number of hydrogen-bond acceptors (Lipinski definition) is 5. The van der Waals surface area contributed by atoms with Gasteiger partial charge in [-0.3, -0.25) is 4.98 Å². The van der Waals surface area contributed by atoms with Gasteiger partial charge in [0, 0.05) is 23.8 Å². The van der Waals surface area contributed by atoms with Gasteiger partial charge in [-0.15, -0.1) is 0 Å². The molecule has 25 heavy (non-hydrogen) atoms. The molecule has 0 bridgehead atoms. The van der Waals surface area contributed by atoms with Crippen molar-refractivity contribution in [1.29, 1.82) is 0 Å². The zero-order valence-electron chi connectivity index (χ0n) is 13.5. The molecule has 5 nitrogen and oxygen atoms in total. The second-order valence-electron chi connectivity index (χ2n) is 5.63. The number of carbonyl (C=O) groups excluding carboxylic acids is 1. The molecule has 2 heterocycles. The predicted molar refractivity (Wildman–Crippen MR) is 85.7 cm³/mol. The van der Waals surface area contributed by atoms with E-state index in [2.05, 4.69) is 4.98 Å². The number of alkyl halides is 3. The lowest BCUT2D eigenvalue weighted by Crippen LogP contribution is -2.49. The number of halogens is 3. The van der Waals surface area contributed by atoms with Gasteiger partial charge in [0.25, 0.3) is 0 Å². The van der Waals surface area contributed by atoms with Crippen LogP contribution in [0.25, 0.3) is 10.9 Å². The van der Waals surface area contributed by atoms with Crippen LogP contribution in [0.5, 0.6) is 0 Å². The van der Waals surface area contributed by atoms with Gasteiger partial charge in [-0.05, 0) is 31.2 Å². The van der Waals surface area contributed by atoms with Crippen molar-refractivity contribution in [3.8, 4) is 0 Å². The Hall–Kier alpha value is -2.35. The van der Waals surface area contributed by atoms with Gasteiger partial charge in [0.1, 0.15) is 0 Å². The topological polar surface area (TPSA) is 51.7 Å². The molecule has 1 aromatic heterocycles. The zero-order chi connectivity index (χ0) is 18.0. The fraction of sp³-hybridized carbons (Fsp3) is 0.412. The molecule has 0 N–H and O–H groups in total. The van der Waals surface area contributed by atoms with Crippen LogP contribution in [-0.2, 0) is 9.47 Å². The highest BCUT2D eigenvalue weighted by Crippen LogP contribution is 2.30. The Kier molecular flexibility index (Phi) is 4.80. The summed E-state index contributed by atoms with van der Waals surface area (Å²) in [5.41, 5.74) is 1.51. The van der Waals surface area contributed by atoms with E-state index in [1.807, 2.05) is 0 Å². The van der Waals surface area contributed by atoms with Gasteiger partial charge in [0.2, 0.25) is 0 Å². The molecule has 0 saturated carbocycles. The van der Waals surface area contributed by atoms with E-state index in [1.54, 1.807) is 36.1 Å². The van der Waals surface area contributed by atoms with Gasteiger partial charge in [-0.2, -0.15) is 13.2 Å². The molecule has 1 aliphatic heterocycles. The number of pyridine rings is 1. The number of fused-ring (bicyclic) bond motifs is 1. The summed E-state index contributed by atoms with van der Waals surface area (Å²) in [6.45, 7) is 1.98. The van der Waals surface area contributed by atoms with Crippen LogP contribution in [0.1, 0.15) is 17.3 Å². The summed E-state index contributed by atoms with van der Waals surface area (Å²) in [4.78, 5) is 17.9. The van der Waals surface area contributed by atoms with Gasteiger partial charge in [0.05, 0.1) is 30.8 Å². The summed E-state index contributed by atoms with van der Waals surface area (Å²) in [6.07, 6.45) is -4.73. The average Bonchev–Trinajstić information content (AvgIpc) is 2.60.